The third-order valence-electron chi connectivity index (χ3n) is 5.71. The number of fused-ring (bicyclic) bond motifs is 1. The van der Waals surface area contributed by atoms with Crippen molar-refractivity contribution in [3.63, 3.8) is 0 Å². The van der Waals surface area contributed by atoms with Crippen LogP contribution in [0.3, 0.4) is 0 Å². The Hall–Kier alpha value is -4.20. The van der Waals surface area contributed by atoms with Crippen molar-refractivity contribution in [2.75, 3.05) is 32.2 Å². The molecule has 1 heterocycles. The molecular formula is C27H26FN3O4. The predicted octanol–water partition coefficient (Wildman–Crippen LogP) is 4.06. The zero-order valence-electron chi connectivity index (χ0n) is 19.6. The van der Waals surface area contributed by atoms with Crippen molar-refractivity contribution in [1.29, 1.82) is 0 Å². The van der Waals surface area contributed by atoms with Crippen molar-refractivity contribution in [3.8, 4) is 11.5 Å². The van der Waals surface area contributed by atoms with Crippen LogP contribution in [0, 0.1) is 5.82 Å². The predicted molar refractivity (Wildman–Crippen MR) is 132 cm³/mol. The lowest BCUT2D eigenvalue weighted by Crippen LogP contribution is -2.41. The second-order valence-corrected chi connectivity index (χ2v) is 8.00. The number of rotatable bonds is 8. The molecule has 0 atom stereocenters. The Balaban J connectivity index is 1.43. The molecule has 1 aliphatic heterocycles. The highest BCUT2D eigenvalue weighted by molar-refractivity contribution is 6.18. The van der Waals surface area contributed by atoms with E-state index < -0.39 is 0 Å². The van der Waals surface area contributed by atoms with E-state index in [1.807, 2.05) is 24.3 Å². The number of carbonyl (C=O) groups excluding carboxylic acids is 2. The van der Waals surface area contributed by atoms with Crippen LogP contribution in [-0.4, -0.2) is 44.8 Å². The number of ether oxygens (including phenoxy) is 2. The summed E-state index contributed by atoms with van der Waals surface area (Å²) in [7, 11) is 3.15. The van der Waals surface area contributed by atoms with Crippen LogP contribution in [0.25, 0.3) is 0 Å². The highest BCUT2D eigenvalue weighted by Gasteiger charge is 2.26. The van der Waals surface area contributed by atoms with Gasteiger partial charge in [-0.1, -0.05) is 30.3 Å². The standard InChI is InChI=1S/C27H26FN3O4/c1-34-24-12-7-18(15-25(24)35-2)13-14-29-26(32)17-31-23-6-4-3-5-21(23)30-22(16-27(31)33)19-8-10-20(28)11-9-19/h3-12,15H,13-14,16-17H2,1-2H3,(H,29,32). The number of para-hydroxylation sites is 2. The molecule has 0 aliphatic carbocycles. The van der Waals surface area contributed by atoms with Crippen LogP contribution in [0.2, 0.25) is 0 Å². The fourth-order valence-corrected chi connectivity index (χ4v) is 3.91. The summed E-state index contributed by atoms with van der Waals surface area (Å²) >= 11 is 0. The molecule has 0 bridgehead atoms. The molecule has 0 saturated heterocycles. The number of hydrogen-bond acceptors (Lipinski definition) is 5. The van der Waals surface area contributed by atoms with Gasteiger partial charge in [0.05, 0.1) is 37.7 Å². The number of hydrogen-bond donors (Lipinski definition) is 1. The summed E-state index contributed by atoms with van der Waals surface area (Å²) in [5.74, 6) is 0.369. The highest BCUT2D eigenvalue weighted by Crippen LogP contribution is 2.33. The van der Waals surface area contributed by atoms with Crippen molar-refractivity contribution >= 4 is 28.9 Å². The normalized spacial score (nSPS) is 12.9. The summed E-state index contributed by atoms with van der Waals surface area (Å²) in [5, 5.41) is 2.88. The largest absolute Gasteiger partial charge is 0.493 e. The maximum absolute atomic E-state index is 13.4. The minimum Gasteiger partial charge on any atom is -0.493 e. The molecule has 3 aromatic carbocycles. The number of aliphatic imine (C=N–C) groups is 1. The van der Waals surface area contributed by atoms with E-state index in [1.165, 1.54) is 17.0 Å². The molecule has 0 radical (unpaired) electrons. The minimum absolute atomic E-state index is 0.000759. The van der Waals surface area contributed by atoms with E-state index >= 15 is 0 Å². The number of nitrogens with zero attached hydrogens (tertiary/aromatic N) is 2. The zero-order valence-corrected chi connectivity index (χ0v) is 19.6. The van der Waals surface area contributed by atoms with Crippen molar-refractivity contribution in [1.82, 2.24) is 5.32 Å². The number of amides is 2. The summed E-state index contributed by atoms with van der Waals surface area (Å²) in [6.07, 6.45) is 0.591. The summed E-state index contributed by atoms with van der Waals surface area (Å²) in [6.45, 7) is 0.267. The monoisotopic (exact) mass is 475 g/mol. The summed E-state index contributed by atoms with van der Waals surface area (Å²) < 4.78 is 23.9. The van der Waals surface area contributed by atoms with Gasteiger partial charge >= 0.3 is 0 Å². The molecule has 4 rings (SSSR count). The number of anilines is 1. The van der Waals surface area contributed by atoms with Crippen molar-refractivity contribution < 1.29 is 23.5 Å². The molecule has 0 saturated carbocycles. The summed E-state index contributed by atoms with van der Waals surface area (Å²) in [5.41, 5.74) is 3.31. The number of nitrogens with one attached hydrogen (secondary N) is 1. The molecule has 0 unspecified atom stereocenters. The van der Waals surface area contributed by atoms with Gasteiger partial charge in [0.1, 0.15) is 12.4 Å². The van der Waals surface area contributed by atoms with Gasteiger partial charge in [-0.25, -0.2) is 4.39 Å². The molecule has 8 heteroatoms. The molecule has 3 aromatic rings. The second-order valence-electron chi connectivity index (χ2n) is 8.00. The third kappa shape index (κ3) is 5.66. The quantitative estimate of drug-likeness (QED) is 0.533. The van der Waals surface area contributed by atoms with Crippen LogP contribution >= 0.6 is 0 Å². The Labute approximate surface area is 203 Å². The van der Waals surface area contributed by atoms with Gasteiger partial charge in [0.25, 0.3) is 0 Å². The maximum Gasteiger partial charge on any atom is 0.240 e. The number of halogens is 1. The van der Waals surface area contributed by atoms with Gasteiger partial charge in [0.2, 0.25) is 11.8 Å². The van der Waals surface area contributed by atoms with Gasteiger partial charge in [-0.2, -0.15) is 0 Å². The van der Waals surface area contributed by atoms with Crippen LogP contribution < -0.4 is 19.7 Å². The Kier molecular flexibility index (Phi) is 7.40. The third-order valence-corrected chi connectivity index (χ3v) is 5.71. The first kappa shape index (κ1) is 23.9. The van der Waals surface area contributed by atoms with Crippen LogP contribution in [0.4, 0.5) is 15.8 Å². The van der Waals surface area contributed by atoms with E-state index in [-0.39, 0.29) is 30.6 Å². The molecule has 35 heavy (non-hydrogen) atoms. The lowest BCUT2D eigenvalue weighted by molar-refractivity contribution is -0.123. The lowest BCUT2D eigenvalue weighted by atomic mass is 10.1. The minimum atomic E-state index is -0.360. The molecule has 1 aliphatic rings. The first-order valence-corrected chi connectivity index (χ1v) is 11.2. The summed E-state index contributed by atoms with van der Waals surface area (Å²) in [4.78, 5) is 32.0. The highest BCUT2D eigenvalue weighted by atomic mass is 19.1. The Morgan fingerprint density at radius 2 is 1.77 bits per heavy atom. The number of benzene rings is 3. The van der Waals surface area contributed by atoms with E-state index in [0.717, 1.165) is 5.56 Å². The first-order chi connectivity index (χ1) is 17.0. The topological polar surface area (TPSA) is 80.2 Å². The molecule has 0 spiro atoms. The lowest BCUT2D eigenvalue weighted by Gasteiger charge is -2.22. The van der Waals surface area contributed by atoms with Crippen LogP contribution in [-0.2, 0) is 16.0 Å². The van der Waals surface area contributed by atoms with Gasteiger partial charge < -0.3 is 19.7 Å². The van der Waals surface area contributed by atoms with Gasteiger partial charge in [0, 0.05) is 6.54 Å². The molecule has 180 valence electrons. The molecule has 2 amide bonds. The molecule has 7 nitrogen and oxygen atoms in total. The number of carbonyl (C=O) groups is 2. The smallest absolute Gasteiger partial charge is 0.240 e. The molecular weight excluding hydrogens is 449 g/mol. The van der Waals surface area contributed by atoms with Crippen molar-refractivity contribution in [3.05, 3.63) is 83.7 Å². The van der Waals surface area contributed by atoms with Crippen LogP contribution in [0.5, 0.6) is 11.5 Å². The van der Waals surface area contributed by atoms with Gasteiger partial charge in [-0.15, -0.1) is 0 Å². The average Bonchev–Trinajstić information content (AvgIpc) is 3.00. The van der Waals surface area contributed by atoms with Gasteiger partial charge in [0.15, 0.2) is 11.5 Å². The Morgan fingerprint density at radius 1 is 1.03 bits per heavy atom. The van der Waals surface area contributed by atoms with E-state index in [4.69, 9.17) is 9.47 Å². The SMILES string of the molecule is COc1ccc(CCNC(=O)CN2C(=O)CC(c3ccc(F)cc3)=Nc3ccccc32)cc1OC. The Bertz CT molecular complexity index is 1260. The molecule has 1 N–H and O–H groups in total. The maximum atomic E-state index is 13.4. The zero-order chi connectivity index (χ0) is 24.8. The number of methoxy groups -OCH3 is 2. The molecule has 0 aromatic heterocycles. The van der Waals surface area contributed by atoms with E-state index in [9.17, 15) is 14.0 Å². The summed E-state index contributed by atoms with van der Waals surface area (Å²) in [6, 6.07) is 18.6. The van der Waals surface area contributed by atoms with Crippen LogP contribution in [0.1, 0.15) is 17.5 Å². The van der Waals surface area contributed by atoms with Crippen molar-refractivity contribution in [2.24, 2.45) is 4.99 Å². The molecule has 0 fully saturated rings. The van der Waals surface area contributed by atoms with E-state index in [2.05, 4.69) is 10.3 Å². The van der Waals surface area contributed by atoms with Gasteiger partial charge in [-0.3, -0.25) is 14.6 Å². The van der Waals surface area contributed by atoms with Crippen LogP contribution in [0.15, 0.2) is 71.7 Å². The Morgan fingerprint density at radius 3 is 2.51 bits per heavy atom. The van der Waals surface area contributed by atoms with Crippen molar-refractivity contribution in [2.45, 2.75) is 12.8 Å². The first-order valence-electron chi connectivity index (χ1n) is 11.2. The fourth-order valence-electron chi connectivity index (χ4n) is 3.91. The fraction of sp³-hybridized carbons (Fsp3) is 0.222. The van der Waals surface area contributed by atoms with E-state index in [1.54, 1.807) is 44.6 Å². The van der Waals surface area contributed by atoms with E-state index in [0.29, 0.717) is 47.1 Å². The van der Waals surface area contributed by atoms with Gasteiger partial charge in [-0.05, 0) is 53.9 Å². The second kappa shape index (κ2) is 10.8. The average molecular weight is 476 g/mol.